The summed E-state index contributed by atoms with van der Waals surface area (Å²) < 4.78 is 46.8. The maximum Gasteiger partial charge on any atom is 0.416 e. The van der Waals surface area contributed by atoms with Crippen molar-refractivity contribution in [3.63, 3.8) is 0 Å². The fourth-order valence-corrected chi connectivity index (χ4v) is 6.95. The first-order valence-corrected chi connectivity index (χ1v) is 17.5. The van der Waals surface area contributed by atoms with Gasteiger partial charge in [-0.25, -0.2) is 0 Å². The summed E-state index contributed by atoms with van der Waals surface area (Å²) in [7, 11) is -2.12. The Kier molecular flexibility index (Phi) is 8.18. The van der Waals surface area contributed by atoms with E-state index in [9.17, 15) is 18.3 Å². The number of fused-ring (bicyclic) bond motifs is 1. The highest BCUT2D eigenvalue weighted by Crippen LogP contribution is 2.50. The van der Waals surface area contributed by atoms with Gasteiger partial charge < -0.3 is 9.53 Å². The number of aliphatic hydroxyl groups is 1. The summed E-state index contributed by atoms with van der Waals surface area (Å²) in [5.74, 6) is 1.01. The minimum absolute atomic E-state index is 0.0105. The molecule has 7 heteroatoms. The molecule has 3 nitrogen and oxygen atoms in total. The van der Waals surface area contributed by atoms with Gasteiger partial charge >= 0.3 is 6.18 Å². The largest absolute Gasteiger partial charge is 0.546 e. The van der Waals surface area contributed by atoms with E-state index in [0.29, 0.717) is 5.56 Å². The van der Waals surface area contributed by atoms with Crippen LogP contribution in [0.1, 0.15) is 125 Å². The van der Waals surface area contributed by atoms with Crippen LogP contribution >= 0.6 is 0 Å². The fraction of sp³-hybridized carbons (Fsp3) is 0.606. The summed E-state index contributed by atoms with van der Waals surface area (Å²) in [5, 5.41) is 12.0. The summed E-state index contributed by atoms with van der Waals surface area (Å²) in [5.41, 5.74) is 4.83. The number of allylic oxidation sites excluding steroid dienone is 2. The molecule has 1 aromatic heterocycles. The van der Waals surface area contributed by atoms with Gasteiger partial charge in [-0.1, -0.05) is 60.6 Å². The fourth-order valence-electron chi connectivity index (χ4n) is 5.83. The Hall–Kier alpha value is -2.12. The standard InChI is InChI=1S/C33H46F3NO2Si/c1-20(2)29-28(30(38)21-13-15-22(16-14-21)33(34,35)36)27(23-17-18-32(6,7)19-25(23)37-29)24-11-10-12-26(24)39-40(8,9)31(3,4)5/h12-16,20,24,30,38H,10-11,17-19H2,1-9H3/t24-,30-/m1/s1. The molecular weight excluding hydrogens is 527 g/mol. The van der Waals surface area contributed by atoms with Gasteiger partial charge in [-0.05, 0) is 96.5 Å². The van der Waals surface area contributed by atoms with Crippen LogP contribution in [0.5, 0.6) is 0 Å². The highest BCUT2D eigenvalue weighted by molar-refractivity contribution is 6.74. The molecule has 1 N–H and O–H groups in total. The summed E-state index contributed by atoms with van der Waals surface area (Å²) >= 11 is 0. The van der Waals surface area contributed by atoms with Gasteiger partial charge in [0.1, 0.15) is 6.10 Å². The van der Waals surface area contributed by atoms with Crippen molar-refractivity contribution in [2.24, 2.45) is 5.41 Å². The molecular formula is C33H46F3NO2Si. The van der Waals surface area contributed by atoms with Crippen LogP contribution in [0.2, 0.25) is 18.1 Å². The molecule has 0 unspecified atom stereocenters. The molecule has 0 bridgehead atoms. The van der Waals surface area contributed by atoms with E-state index in [2.05, 4.69) is 67.6 Å². The van der Waals surface area contributed by atoms with E-state index in [1.165, 1.54) is 17.7 Å². The van der Waals surface area contributed by atoms with Crippen LogP contribution in [0.25, 0.3) is 0 Å². The van der Waals surface area contributed by atoms with E-state index in [1.54, 1.807) is 0 Å². The maximum atomic E-state index is 13.3. The first kappa shape index (κ1) is 30.8. The van der Waals surface area contributed by atoms with Crippen molar-refractivity contribution in [1.82, 2.24) is 4.98 Å². The van der Waals surface area contributed by atoms with Crippen LogP contribution in [0.4, 0.5) is 13.2 Å². The number of hydrogen-bond acceptors (Lipinski definition) is 3. The minimum atomic E-state index is -4.43. The van der Waals surface area contributed by atoms with Crippen molar-refractivity contribution in [2.45, 2.75) is 123 Å². The van der Waals surface area contributed by atoms with Gasteiger partial charge in [0.15, 0.2) is 0 Å². The zero-order chi connectivity index (χ0) is 29.8. The Balaban J connectivity index is 1.92. The lowest BCUT2D eigenvalue weighted by Crippen LogP contribution is -2.41. The zero-order valence-electron chi connectivity index (χ0n) is 25.6. The average Bonchev–Trinajstić information content (AvgIpc) is 3.27. The third-order valence-electron chi connectivity index (χ3n) is 9.24. The highest BCUT2D eigenvalue weighted by Gasteiger charge is 2.43. The molecule has 4 rings (SSSR count). The second-order valence-electron chi connectivity index (χ2n) is 14.4. The molecule has 0 fully saturated rings. The summed E-state index contributed by atoms with van der Waals surface area (Å²) in [4.78, 5) is 5.19. The van der Waals surface area contributed by atoms with Gasteiger partial charge in [-0.2, -0.15) is 13.2 Å². The lowest BCUT2D eigenvalue weighted by Gasteiger charge is -2.40. The van der Waals surface area contributed by atoms with Crippen LogP contribution in [0.3, 0.4) is 0 Å². The lowest BCUT2D eigenvalue weighted by molar-refractivity contribution is -0.137. The molecule has 220 valence electrons. The maximum absolute atomic E-state index is 13.3. The van der Waals surface area contributed by atoms with Gasteiger partial charge in [0, 0.05) is 22.9 Å². The predicted molar refractivity (Wildman–Crippen MR) is 158 cm³/mol. The normalized spacial score (nSPS) is 20.4. The number of alkyl halides is 3. The first-order chi connectivity index (χ1) is 18.3. The third-order valence-corrected chi connectivity index (χ3v) is 13.6. The summed E-state index contributed by atoms with van der Waals surface area (Å²) in [6, 6.07) is 4.93. The van der Waals surface area contributed by atoms with E-state index >= 15 is 0 Å². The molecule has 0 aliphatic heterocycles. The zero-order valence-corrected chi connectivity index (χ0v) is 26.6. The average molecular weight is 574 g/mol. The monoisotopic (exact) mass is 573 g/mol. The Morgan fingerprint density at radius 1 is 1.07 bits per heavy atom. The second-order valence-corrected chi connectivity index (χ2v) is 19.1. The molecule has 0 saturated heterocycles. The van der Waals surface area contributed by atoms with Crippen molar-refractivity contribution < 1.29 is 22.7 Å². The smallest absolute Gasteiger partial charge is 0.416 e. The van der Waals surface area contributed by atoms with Crippen LogP contribution in [-0.4, -0.2) is 18.4 Å². The third kappa shape index (κ3) is 6.06. The molecule has 2 aliphatic carbocycles. The Morgan fingerprint density at radius 2 is 1.70 bits per heavy atom. The minimum Gasteiger partial charge on any atom is -0.546 e. The van der Waals surface area contributed by atoms with E-state index in [0.717, 1.165) is 72.5 Å². The van der Waals surface area contributed by atoms with Crippen molar-refractivity contribution in [2.75, 3.05) is 0 Å². The molecule has 2 aromatic rings. The Labute approximate surface area is 239 Å². The molecule has 1 aromatic carbocycles. The number of aromatic nitrogens is 1. The summed E-state index contributed by atoms with van der Waals surface area (Å²) in [6.07, 6.45) is 1.21. The van der Waals surface area contributed by atoms with Gasteiger partial charge in [-0.3, -0.25) is 4.98 Å². The number of nitrogens with zero attached hydrogens (tertiary/aromatic N) is 1. The van der Waals surface area contributed by atoms with E-state index in [1.807, 2.05) is 0 Å². The van der Waals surface area contributed by atoms with Crippen molar-refractivity contribution >= 4 is 8.32 Å². The van der Waals surface area contributed by atoms with E-state index in [-0.39, 0.29) is 22.3 Å². The number of hydrogen-bond donors (Lipinski definition) is 1. The van der Waals surface area contributed by atoms with E-state index in [4.69, 9.17) is 9.41 Å². The van der Waals surface area contributed by atoms with Crippen molar-refractivity contribution in [3.8, 4) is 0 Å². The number of pyridine rings is 1. The van der Waals surface area contributed by atoms with Crippen LogP contribution in [-0.2, 0) is 23.4 Å². The molecule has 0 radical (unpaired) electrons. The molecule has 40 heavy (non-hydrogen) atoms. The van der Waals surface area contributed by atoms with Gasteiger partial charge in [0.05, 0.1) is 11.3 Å². The topological polar surface area (TPSA) is 42.4 Å². The van der Waals surface area contributed by atoms with Gasteiger partial charge in [0.2, 0.25) is 8.32 Å². The highest BCUT2D eigenvalue weighted by atomic mass is 28.4. The molecule has 0 amide bonds. The molecule has 1 heterocycles. The van der Waals surface area contributed by atoms with Gasteiger partial charge in [-0.15, -0.1) is 0 Å². The molecule has 0 saturated carbocycles. The number of rotatable bonds is 6. The first-order valence-electron chi connectivity index (χ1n) is 14.6. The molecule has 2 aliphatic rings. The summed E-state index contributed by atoms with van der Waals surface area (Å²) in [6.45, 7) is 19.9. The van der Waals surface area contributed by atoms with Gasteiger partial charge in [0.25, 0.3) is 0 Å². The second kappa shape index (κ2) is 10.6. The Bertz CT molecular complexity index is 1270. The van der Waals surface area contributed by atoms with Crippen molar-refractivity contribution in [1.29, 1.82) is 0 Å². The Morgan fingerprint density at radius 3 is 2.25 bits per heavy atom. The van der Waals surface area contributed by atoms with Crippen LogP contribution in [0, 0.1) is 5.41 Å². The number of aliphatic hydroxyl groups excluding tert-OH is 1. The molecule has 0 spiro atoms. The quantitative estimate of drug-likeness (QED) is 0.350. The predicted octanol–water partition coefficient (Wildman–Crippen LogP) is 9.60. The molecule has 2 atom stereocenters. The lowest BCUT2D eigenvalue weighted by atomic mass is 9.71. The number of halogens is 3. The van der Waals surface area contributed by atoms with Crippen molar-refractivity contribution in [3.05, 3.63) is 75.3 Å². The van der Waals surface area contributed by atoms with E-state index < -0.39 is 26.2 Å². The van der Waals surface area contributed by atoms with Crippen LogP contribution in [0.15, 0.2) is 36.1 Å². The SMILES string of the molecule is CC(C)c1nc2c(c([C@@H]3CCC=C3O[Si](C)(C)C(C)(C)C)c1[C@H](O)c1ccc(C(F)(F)F)cc1)CCC(C)(C)C2. The van der Waals surface area contributed by atoms with Crippen LogP contribution < -0.4 is 0 Å². The number of benzene rings is 1.